The van der Waals surface area contributed by atoms with Crippen molar-refractivity contribution in [3.05, 3.63) is 109 Å². The van der Waals surface area contributed by atoms with Gasteiger partial charge in [-0.15, -0.1) is 0 Å². The first-order chi connectivity index (χ1) is 23.2. The van der Waals surface area contributed by atoms with Gasteiger partial charge in [0.2, 0.25) is 11.9 Å². The Kier molecular flexibility index (Phi) is 9.27. The van der Waals surface area contributed by atoms with Gasteiger partial charge >= 0.3 is 24.7 Å². The second-order valence-electron chi connectivity index (χ2n) is 10.0. The molecule has 2 aromatic heterocycles. The number of aromatic nitrogens is 2. The van der Waals surface area contributed by atoms with Gasteiger partial charge in [0.1, 0.15) is 12.1 Å². The van der Waals surface area contributed by atoms with E-state index in [1.54, 1.807) is 0 Å². The number of nitrogens with zero attached hydrogens (tertiary/aromatic N) is 4. The maximum Gasteiger partial charge on any atom is 0.436 e. The van der Waals surface area contributed by atoms with Gasteiger partial charge in [-0.1, -0.05) is 0 Å². The highest BCUT2D eigenvalue weighted by Gasteiger charge is 2.47. The van der Waals surface area contributed by atoms with Crippen LogP contribution >= 0.6 is 0 Å². The van der Waals surface area contributed by atoms with Crippen LogP contribution in [0.5, 0.6) is 0 Å². The third-order valence-electron chi connectivity index (χ3n) is 6.90. The third kappa shape index (κ3) is 6.81. The average Bonchev–Trinajstić information content (AvgIpc) is 3.71. The fraction of sp³-hybridized carbons (Fsp3) is 0.172. The molecule has 0 saturated heterocycles. The smallest absolute Gasteiger partial charge is 0.209 e. The van der Waals surface area contributed by atoms with E-state index >= 15 is 8.78 Å². The van der Waals surface area contributed by atoms with Gasteiger partial charge in [-0.2, -0.15) is 72.0 Å². The lowest BCUT2D eigenvalue weighted by Crippen LogP contribution is -2.16. The Morgan fingerprint density at radius 3 is 1.25 bits per heavy atom. The molecule has 22 heteroatoms. The lowest BCUT2D eigenvalue weighted by Gasteiger charge is -2.14. The normalized spacial score (nSPS) is 16.8. The highest BCUT2D eigenvalue weighted by atomic mass is 19.4. The number of allylic oxidation sites excluding steroid dienone is 6. The largest absolute Gasteiger partial charge is 0.436 e. The molecule has 0 radical (unpaired) electrons. The first-order valence-electron chi connectivity index (χ1n) is 12.7. The molecule has 0 bridgehead atoms. The van der Waals surface area contributed by atoms with Crippen molar-refractivity contribution in [2.75, 3.05) is 0 Å². The summed E-state index contributed by atoms with van der Waals surface area (Å²) >= 11 is 0. The van der Waals surface area contributed by atoms with E-state index < -0.39 is 139 Å². The van der Waals surface area contributed by atoms with E-state index in [1.807, 2.05) is 4.98 Å². The Morgan fingerprint density at radius 2 is 0.882 bits per heavy atom. The van der Waals surface area contributed by atoms with Crippen LogP contribution in [-0.2, 0) is 24.7 Å². The molecule has 0 aliphatic heterocycles. The maximum absolute atomic E-state index is 15.1. The van der Waals surface area contributed by atoms with E-state index in [4.69, 9.17) is 0 Å². The van der Waals surface area contributed by atoms with Crippen LogP contribution in [0.25, 0.3) is 16.7 Å². The zero-order valence-corrected chi connectivity index (χ0v) is 23.8. The molecule has 1 aliphatic rings. The molecule has 0 spiro atoms. The number of nitriles is 2. The molecule has 1 saturated carbocycles. The minimum absolute atomic E-state index is 0.153. The van der Waals surface area contributed by atoms with Gasteiger partial charge in [0.15, 0.2) is 34.7 Å². The predicted octanol–water partition coefficient (Wildman–Crippen LogP) is 10.1. The van der Waals surface area contributed by atoms with Crippen LogP contribution in [0.3, 0.4) is 0 Å². The van der Waals surface area contributed by atoms with Crippen molar-refractivity contribution < 1.29 is 79.0 Å². The third-order valence-corrected chi connectivity index (χ3v) is 6.90. The second kappa shape index (κ2) is 12.3. The Hall–Kier alpha value is -5.54. The maximum atomic E-state index is 15.1. The number of pyridine rings is 2. The molecule has 51 heavy (non-hydrogen) atoms. The lowest BCUT2D eigenvalue weighted by molar-refractivity contribution is -0.145. The summed E-state index contributed by atoms with van der Waals surface area (Å²) in [6, 6.07) is 1.14. The summed E-state index contributed by atoms with van der Waals surface area (Å²) in [4.78, 5) is 4.11. The minimum atomic E-state index is -5.95. The summed E-state index contributed by atoms with van der Waals surface area (Å²) in [6.07, 6.45) is -23.1. The Morgan fingerprint density at radius 1 is 0.510 bits per heavy atom. The molecule has 0 unspecified atom stereocenters. The average molecular weight is 752 g/mol. The van der Waals surface area contributed by atoms with Gasteiger partial charge in [-0.25, -0.2) is 27.5 Å². The van der Waals surface area contributed by atoms with E-state index in [1.165, 1.54) is 0 Å². The van der Waals surface area contributed by atoms with E-state index in [0.717, 1.165) is 12.1 Å². The topological polar surface area (TPSA) is 73.4 Å². The van der Waals surface area contributed by atoms with Gasteiger partial charge in [0.25, 0.3) is 0 Å². The standard InChI is InChI=1S/C29H6F18N4/c1-7(14-18(30)22(28(42,43)44)50-24(34)20(14)32)13-15(11(5-48)8-2-9(26(36,37)38)4-10(3-8)27(39,40)41)16(13)12(6-49)17-19(31)23(29(45,46)47)51-25(35)21(17)33/h2-4H,1H3. The molecule has 3 aromatic rings. The van der Waals surface area contributed by atoms with Gasteiger partial charge in [0.05, 0.1) is 33.4 Å². The summed E-state index contributed by atoms with van der Waals surface area (Å²) < 4.78 is 250. The van der Waals surface area contributed by atoms with Crippen LogP contribution in [0.2, 0.25) is 0 Å². The number of hydrogen-bond acceptors (Lipinski definition) is 4. The molecule has 4 rings (SSSR count). The van der Waals surface area contributed by atoms with Gasteiger partial charge in [-0.05, 0) is 41.8 Å². The summed E-state index contributed by atoms with van der Waals surface area (Å²) in [5.41, 5.74) is -24.6. The van der Waals surface area contributed by atoms with Crippen LogP contribution in [0.4, 0.5) is 79.0 Å². The predicted molar refractivity (Wildman–Crippen MR) is 132 cm³/mol. The van der Waals surface area contributed by atoms with E-state index in [-0.39, 0.29) is 12.1 Å². The summed E-state index contributed by atoms with van der Waals surface area (Å²) in [5, 5.41) is 19.7. The van der Waals surface area contributed by atoms with Crippen LogP contribution in [0.1, 0.15) is 46.1 Å². The molecule has 0 amide bonds. The molecular weight excluding hydrogens is 746 g/mol. The Bertz CT molecular complexity index is 2150. The van der Waals surface area contributed by atoms with Gasteiger partial charge in [-0.3, -0.25) is 0 Å². The van der Waals surface area contributed by atoms with Gasteiger partial charge < -0.3 is 0 Å². The number of rotatable bonds is 3. The van der Waals surface area contributed by atoms with E-state index in [2.05, 4.69) is 4.98 Å². The first kappa shape index (κ1) is 38.3. The Balaban J connectivity index is 2.31. The van der Waals surface area contributed by atoms with Gasteiger partial charge in [0, 0.05) is 11.1 Å². The molecule has 0 N–H and O–H groups in total. The summed E-state index contributed by atoms with van der Waals surface area (Å²) in [6.45, 7) is 0.349. The highest BCUT2D eigenvalue weighted by molar-refractivity contribution is 6.10. The van der Waals surface area contributed by atoms with Crippen molar-refractivity contribution in [2.24, 2.45) is 0 Å². The van der Waals surface area contributed by atoms with E-state index in [9.17, 15) is 80.8 Å². The van der Waals surface area contributed by atoms with Crippen molar-refractivity contribution in [1.29, 1.82) is 10.5 Å². The van der Waals surface area contributed by atoms with Crippen LogP contribution in [0.15, 0.2) is 34.9 Å². The first-order valence-corrected chi connectivity index (χ1v) is 12.7. The zero-order chi connectivity index (χ0) is 38.9. The van der Waals surface area contributed by atoms with Crippen molar-refractivity contribution in [3.8, 4) is 12.1 Å². The minimum Gasteiger partial charge on any atom is -0.209 e. The molecule has 268 valence electrons. The van der Waals surface area contributed by atoms with Crippen molar-refractivity contribution in [3.63, 3.8) is 0 Å². The number of hydrogen-bond donors (Lipinski definition) is 0. The van der Waals surface area contributed by atoms with Crippen molar-refractivity contribution in [2.45, 2.75) is 31.6 Å². The number of halogens is 18. The fourth-order valence-electron chi connectivity index (χ4n) is 4.74. The summed E-state index contributed by atoms with van der Waals surface area (Å²) in [5.74, 6) is -16.3. The quantitative estimate of drug-likeness (QED) is 0.152. The Labute approximate surface area is 269 Å². The van der Waals surface area contributed by atoms with Crippen LogP contribution in [-0.4, -0.2) is 9.97 Å². The molecular formula is C29H6F18N4. The molecule has 1 aliphatic carbocycles. The second-order valence-corrected chi connectivity index (χ2v) is 10.0. The zero-order valence-electron chi connectivity index (χ0n) is 23.8. The van der Waals surface area contributed by atoms with E-state index in [0.29, 0.717) is 6.92 Å². The van der Waals surface area contributed by atoms with Crippen molar-refractivity contribution >= 4 is 16.7 Å². The molecule has 0 atom stereocenters. The molecule has 4 nitrogen and oxygen atoms in total. The summed E-state index contributed by atoms with van der Waals surface area (Å²) in [7, 11) is 0. The van der Waals surface area contributed by atoms with Crippen LogP contribution < -0.4 is 0 Å². The monoisotopic (exact) mass is 752 g/mol. The molecule has 1 aromatic carbocycles. The number of alkyl halides is 12. The fourth-order valence-corrected chi connectivity index (χ4v) is 4.74. The lowest BCUT2D eigenvalue weighted by atomic mass is 9.98. The van der Waals surface area contributed by atoms with Crippen LogP contribution in [0, 0.1) is 57.8 Å². The molecule has 2 heterocycles. The van der Waals surface area contributed by atoms with Crippen molar-refractivity contribution in [1.82, 2.24) is 9.97 Å². The molecule has 1 fully saturated rings. The number of benzene rings is 1. The highest BCUT2D eigenvalue weighted by Crippen LogP contribution is 2.57. The SMILES string of the molecule is CC(=C1C(=C(C#N)c2cc(C(F)(F)F)cc(C(F)(F)F)c2)C1=C(C#N)c1c(F)c(F)nc(C(F)(F)F)c1F)c1c(F)c(F)nc(C(F)(F)F)c1F.